The Bertz CT molecular complexity index is 3520. The molecule has 0 saturated carbocycles. The van der Waals surface area contributed by atoms with E-state index in [1.165, 1.54) is 43.7 Å². The van der Waals surface area contributed by atoms with Crippen molar-refractivity contribution >= 4 is 71.6 Å². The molecule has 12 aromatic rings. The van der Waals surface area contributed by atoms with E-state index >= 15 is 0 Å². The molecule has 0 aliphatic heterocycles. The van der Waals surface area contributed by atoms with Crippen molar-refractivity contribution in [3.8, 4) is 39.1 Å². The fraction of sp³-hybridized carbons (Fsp3) is 0. The molecule has 0 amide bonds. The fourth-order valence-corrected chi connectivity index (χ4v) is 9.28. The minimum absolute atomic E-state index is 0.910. The van der Waals surface area contributed by atoms with E-state index in [9.17, 15) is 0 Å². The molecule has 10 aromatic carbocycles. The van der Waals surface area contributed by atoms with E-state index in [4.69, 9.17) is 4.42 Å². The fourth-order valence-electron chi connectivity index (χ4n) is 9.28. The van der Waals surface area contributed by atoms with Gasteiger partial charge >= 0.3 is 0 Å². The highest BCUT2D eigenvalue weighted by Gasteiger charge is 2.18. The van der Waals surface area contributed by atoms with Crippen LogP contribution in [0.1, 0.15) is 0 Å². The zero-order valence-electron chi connectivity index (χ0n) is 33.2. The van der Waals surface area contributed by atoms with Crippen LogP contribution in [0.15, 0.2) is 235 Å². The summed E-state index contributed by atoms with van der Waals surface area (Å²) in [6.45, 7) is 0. The van der Waals surface area contributed by atoms with Crippen molar-refractivity contribution < 1.29 is 4.42 Å². The third-order valence-electron chi connectivity index (χ3n) is 12.2. The molecular weight excluding hydrogens is 741 g/mol. The Balaban J connectivity index is 0.901. The minimum Gasteiger partial charge on any atom is -0.456 e. The normalized spacial score (nSPS) is 11.6. The Hall–Kier alpha value is -8.14. The van der Waals surface area contributed by atoms with Gasteiger partial charge in [0, 0.05) is 43.9 Å². The number of hydrogen-bond donors (Lipinski definition) is 0. The van der Waals surface area contributed by atoms with Crippen LogP contribution in [0.2, 0.25) is 0 Å². The summed E-state index contributed by atoms with van der Waals surface area (Å²) >= 11 is 0. The molecule has 0 atom stereocenters. The summed E-state index contributed by atoms with van der Waals surface area (Å²) in [7, 11) is 0. The maximum atomic E-state index is 6.19. The standard InChI is InChI=1S/C58H38N2O/c1-2-14-47-42(12-1)13-11-22-53(47)59(45-33-28-40(29-34-45)39-24-26-41(27-25-39)44-32-37-52-51-18-6-10-23-57(51)61-58(52)38-44)46-35-30-43(31-36-46)48-15-3-7-19-54(48)60-55-20-8-4-16-49(55)50-17-5-9-21-56(50)60/h1-38H. The van der Waals surface area contributed by atoms with E-state index in [-0.39, 0.29) is 0 Å². The molecule has 0 aliphatic carbocycles. The Morgan fingerprint density at radius 3 is 1.52 bits per heavy atom. The zero-order chi connectivity index (χ0) is 40.3. The molecule has 0 fully saturated rings. The molecule has 3 nitrogen and oxygen atoms in total. The van der Waals surface area contributed by atoms with Crippen LogP contribution in [-0.4, -0.2) is 4.57 Å². The second-order valence-corrected chi connectivity index (χ2v) is 15.7. The summed E-state index contributed by atoms with van der Waals surface area (Å²) in [4.78, 5) is 2.38. The van der Waals surface area contributed by atoms with E-state index in [1.54, 1.807) is 0 Å². The van der Waals surface area contributed by atoms with Gasteiger partial charge in [-0.2, -0.15) is 0 Å². The summed E-state index contributed by atoms with van der Waals surface area (Å²) in [5.41, 5.74) is 15.7. The van der Waals surface area contributed by atoms with Crippen molar-refractivity contribution in [2.45, 2.75) is 0 Å². The van der Waals surface area contributed by atoms with Crippen LogP contribution in [0.25, 0.3) is 93.6 Å². The number of para-hydroxylation sites is 4. The first kappa shape index (κ1) is 34.9. The van der Waals surface area contributed by atoms with Gasteiger partial charge in [0.05, 0.1) is 22.4 Å². The van der Waals surface area contributed by atoms with Crippen LogP contribution in [0.4, 0.5) is 17.1 Å². The molecule has 3 heteroatoms. The molecular formula is C58H38N2O. The van der Waals surface area contributed by atoms with Gasteiger partial charge in [0.1, 0.15) is 11.2 Å². The molecule has 61 heavy (non-hydrogen) atoms. The van der Waals surface area contributed by atoms with Gasteiger partial charge in [-0.15, -0.1) is 0 Å². The molecule has 0 saturated heterocycles. The van der Waals surface area contributed by atoms with E-state index in [2.05, 4.69) is 228 Å². The topological polar surface area (TPSA) is 21.3 Å². The van der Waals surface area contributed by atoms with E-state index in [1.807, 2.05) is 12.1 Å². The number of hydrogen-bond acceptors (Lipinski definition) is 2. The average molecular weight is 779 g/mol. The molecule has 0 N–H and O–H groups in total. The molecule has 0 aliphatic rings. The van der Waals surface area contributed by atoms with Crippen LogP contribution in [0, 0.1) is 0 Å². The van der Waals surface area contributed by atoms with Gasteiger partial charge in [-0.05, 0) is 99.9 Å². The highest BCUT2D eigenvalue weighted by molar-refractivity contribution is 6.10. The third-order valence-corrected chi connectivity index (χ3v) is 12.2. The highest BCUT2D eigenvalue weighted by atomic mass is 16.3. The van der Waals surface area contributed by atoms with Crippen molar-refractivity contribution in [1.82, 2.24) is 4.57 Å². The quantitative estimate of drug-likeness (QED) is 0.161. The first-order valence-electron chi connectivity index (χ1n) is 20.8. The first-order chi connectivity index (χ1) is 30.2. The van der Waals surface area contributed by atoms with Gasteiger partial charge in [0.15, 0.2) is 0 Å². The van der Waals surface area contributed by atoms with E-state index in [0.717, 1.165) is 66.9 Å². The Kier molecular flexibility index (Phi) is 8.17. The number of anilines is 3. The van der Waals surface area contributed by atoms with E-state index in [0.29, 0.717) is 0 Å². The second kappa shape index (κ2) is 14.3. The predicted molar refractivity (Wildman–Crippen MR) is 257 cm³/mol. The summed E-state index contributed by atoms with van der Waals surface area (Å²) in [5, 5.41) is 7.22. The summed E-state index contributed by atoms with van der Waals surface area (Å²) in [6, 6.07) is 82.9. The molecule has 2 heterocycles. The van der Waals surface area contributed by atoms with Crippen LogP contribution < -0.4 is 4.90 Å². The van der Waals surface area contributed by atoms with Gasteiger partial charge < -0.3 is 13.9 Å². The molecule has 0 radical (unpaired) electrons. The van der Waals surface area contributed by atoms with Gasteiger partial charge in [-0.25, -0.2) is 0 Å². The van der Waals surface area contributed by atoms with Crippen molar-refractivity contribution in [1.29, 1.82) is 0 Å². The third kappa shape index (κ3) is 5.90. The summed E-state index contributed by atoms with van der Waals surface area (Å²) < 4.78 is 8.60. The highest BCUT2D eigenvalue weighted by Crippen LogP contribution is 2.42. The Morgan fingerprint density at radius 1 is 0.328 bits per heavy atom. The first-order valence-corrected chi connectivity index (χ1v) is 20.8. The van der Waals surface area contributed by atoms with Crippen molar-refractivity contribution in [2.75, 3.05) is 4.90 Å². The number of rotatable bonds is 7. The molecule has 0 bridgehead atoms. The lowest BCUT2D eigenvalue weighted by Gasteiger charge is -2.27. The van der Waals surface area contributed by atoms with Crippen LogP contribution >= 0.6 is 0 Å². The monoisotopic (exact) mass is 778 g/mol. The van der Waals surface area contributed by atoms with Crippen molar-refractivity contribution in [2.24, 2.45) is 0 Å². The van der Waals surface area contributed by atoms with Crippen molar-refractivity contribution in [3.05, 3.63) is 231 Å². The molecule has 2 aromatic heterocycles. The van der Waals surface area contributed by atoms with Crippen LogP contribution in [0.3, 0.4) is 0 Å². The van der Waals surface area contributed by atoms with Crippen LogP contribution in [0.5, 0.6) is 0 Å². The summed E-state index contributed by atoms with van der Waals surface area (Å²) in [5.74, 6) is 0. The van der Waals surface area contributed by atoms with Gasteiger partial charge in [-0.3, -0.25) is 0 Å². The average Bonchev–Trinajstić information content (AvgIpc) is 3.88. The van der Waals surface area contributed by atoms with Crippen molar-refractivity contribution in [3.63, 3.8) is 0 Å². The lowest BCUT2D eigenvalue weighted by molar-refractivity contribution is 0.669. The van der Waals surface area contributed by atoms with Crippen LogP contribution in [-0.2, 0) is 0 Å². The maximum absolute atomic E-state index is 6.19. The number of aromatic nitrogens is 1. The van der Waals surface area contributed by atoms with Gasteiger partial charge in [0.2, 0.25) is 0 Å². The van der Waals surface area contributed by atoms with Gasteiger partial charge in [0.25, 0.3) is 0 Å². The largest absolute Gasteiger partial charge is 0.456 e. The number of furan rings is 1. The Labute approximate surface area is 353 Å². The SMILES string of the molecule is c1ccc(-n2c3ccccc3c3ccccc32)c(-c2ccc(N(c3ccc(-c4ccc(-c5ccc6c(c5)oc5ccccc56)cc4)cc3)c3cccc4ccccc34)cc2)c1. The Morgan fingerprint density at radius 2 is 0.820 bits per heavy atom. The number of fused-ring (bicyclic) bond motifs is 7. The second-order valence-electron chi connectivity index (χ2n) is 15.7. The zero-order valence-corrected chi connectivity index (χ0v) is 33.2. The number of nitrogens with zero attached hydrogens (tertiary/aromatic N) is 2. The number of benzene rings is 10. The minimum atomic E-state index is 0.910. The van der Waals surface area contributed by atoms with E-state index < -0.39 is 0 Å². The molecule has 286 valence electrons. The molecule has 0 unspecified atom stereocenters. The predicted octanol–water partition coefficient (Wildman–Crippen LogP) is 16.3. The lowest BCUT2D eigenvalue weighted by atomic mass is 9.99. The smallest absolute Gasteiger partial charge is 0.136 e. The lowest BCUT2D eigenvalue weighted by Crippen LogP contribution is -2.10. The molecule has 12 rings (SSSR count). The molecule has 0 spiro atoms. The maximum Gasteiger partial charge on any atom is 0.136 e. The summed E-state index contributed by atoms with van der Waals surface area (Å²) in [6.07, 6.45) is 0. The van der Waals surface area contributed by atoms with Gasteiger partial charge in [-0.1, -0.05) is 164 Å².